The molecule has 0 radical (unpaired) electrons. The van der Waals surface area contributed by atoms with Gasteiger partial charge in [-0.1, -0.05) is 0 Å². The van der Waals surface area contributed by atoms with Crippen molar-refractivity contribution in [3.05, 3.63) is 30.9 Å². The van der Waals surface area contributed by atoms with Crippen LogP contribution in [-0.4, -0.2) is 43.3 Å². The lowest BCUT2D eigenvalue weighted by Gasteiger charge is -2.13. The highest BCUT2D eigenvalue weighted by Gasteiger charge is 2.25. The van der Waals surface area contributed by atoms with Gasteiger partial charge in [0.1, 0.15) is 6.33 Å². The van der Waals surface area contributed by atoms with Gasteiger partial charge >= 0.3 is 0 Å². The molecule has 1 aliphatic rings. The second kappa shape index (κ2) is 5.96. The zero-order valence-electron chi connectivity index (χ0n) is 11.2. The van der Waals surface area contributed by atoms with Crippen molar-refractivity contribution in [3.8, 4) is 0 Å². The monoisotopic (exact) mass is 274 g/mol. The molecule has 7 heteroatoms. The van der Waals surface area contributed by atoms with Crippen molar-refractivity contribution in [1.82, 2.24) is 30.1 Å². The average Bonchev–Trinajstić information content (AvgIpc) is 3.19. The van der Waals surface area contributed by atoms with Crippen LogP contribution in [0.2, 0.25) is 0 Å². The van der Waals surface area contributed by atoms with Crippen LogP contribution < -0.4 is 5.32 Å². The molecule has 0 spiro atoms. The fourth-order valence-corrected chi connectivity index (χ4v) is 2.78. The highest BCUT2D eigenvalue weighted by molar-refractivity contribution is 5.80. The summed E-state index contributed by atoms with van der Waals surface area (Å²) in [5, 5.41) is 14.5. The number of aromatic nitrogens is 5. The van der Waals surface area contributed by atoms with Crippen molar-refractivity contribution in [2.75, 3.05) is 6.54 Å². The number of hydrogen-bond donors (Lipinski definition) is 1. The third-order valence-electron chi connectivity index (χ3n) is 3.81. The molecular formula is C13H18N6O. The Bertz CT molecular complexity index is 535. The first-order chi connectivity index (χ1) is 9.81. The van der Waals surface area contributed by atoms with Gasteiger partial charge in [-0.15, -0.1) is 5.10 Å². The maximum atomic E-state index is 11.9. The molecule has 0 aliphatic heterocycles. The lowest BCUT2D eigenvalue weighted by atomic mass is 10.1. The van der Waals surface area contributed by atoms with Crippen molar-refractivity contribution in [1.29, 1.82) is 0 Å². The van der Waals surface area contributed by atoms with Gasteiger partial charge in [-0.2, -0.15) is 0 Å². The van der Waals surface area contributed by atoms with Crippen molar-refractivity contribution in [3.63, 3.8) is 0 Å². The van der Waals surface area contributed by atoms with Crippen molar-refractivity contribution >= 4 is 5.91 Å². The first-order valence-electron chi connectivity index (χ1n) is 6.91. The van der Waals surface area contributed by atoms with Crippen LogP contribution in [0.5, 0.6) is 0 Å². The molecule has 1 aliphatic carbocycles. The lowest BCUT2D eigenvalue weighted by molar-refractivity contribution is 0.0908. The predicted octanol–water partition coefficient (Wildman–Crippen LogP) is 0.573. The third kappa shape index (κ3) is 3.11. The normalized spacial score (nSPS) is 22.2. The third-order valence-corrected chi connectivity index (χ3v) is 3.81. The number of rotatable bonds is 5. The van der Waals surface area contributed by atoms with Crippen LogP contribution in [0, 0.1) is 5.92 Å². The summed E-state index contributed by atoms with van der Waals surface area (Å²) >= 11 is 0. The molecule has 3 rings (SSSR count). The second-order valence-electron chi connectivity index (χ2n) is 5.27. The Morgan fingerprint density at radius 2 is 2.15 bits per heavy atom. The van der Waals surface area contributed by atoms with Gasteiger partial charge < -0.3 is 5.32 Å². The summed E-state index contributed by atoms with van der Waals surface area (Å²) in [6.07, 6.45) is 8.52. The molecule has 0 unspecified atom stereocenters. The fraction of sp³-hybridized carbons (Fsp3) is 0.538. The SMILES string of the molecule is O=C(CN[C@H]1CC[C@H](Cn2cnnn2)C1)n1cccc1. The van der Waals surface area contributed by atoms with E-state index in [4.69, 9.17) is 0 Å². The molecule has 0 aromatic carbocycles. The van der Waals surface area contributed by atoms with E-state index in [1.54, 1.807) is 28.0 Å². The van der Waals surface area contributed by atoms with Gasteiger partial charge in [-0.25, -0.2) is 4.68 Å². The summed E-state index contributed by atoms with van der Waals surface area (Å²) in [4.78, 5) is 11.9. The van der Waals surface area contributed by atoms with Gasteiger partial charge in [0.25, 0.3) is 0 Å². The maximum absolute atomic E-state index is 11.9. The number of carbonyl (C=O) groups excluding carboxylic acids is 1. The van der Waals surface area contributed by atoms with E-state index in [1.165, 1.54) is 0 Å². The first kappa shape index (κ1) is 13.0. The molecule has 7 nitrogen and oxygen atoms in total. The molecule has 2 aromatic rings. The summed E-state index contributed by atoms with van der Waals surface area (Å²) in [5.74, 6) is 0.664. The Kier molecular flexibility index (Phi) is 3.87. The standard InChI is InChI=1S/C13H18N6O/c20-13(18-5-1-2-6-18)8-14-12-4-3-11(7-12)9-19-10-15-16-17-19/h1-2,5-6,10-12,14H,3-4,7-9H2/t11-,12-/m0/s1. The van der Waals surface area contributed by atoms with Crippen LogP contribution in [-0.2, 0) is 6.54 Å². The molecule has 0 saturated heterocycles. The molecular weight excluding hydrogens is 256 g/mol. The van der Waals surface area contributed by atoms with E-state index >= 15 is 0 Å². The number of nitrogens with zero attached hydrogens (tertiary/aromatic N) is 5. The van der Waals surface area contributed by atoms with E-state index in [1.807, 2.05) is 12.1 Å². The summed E-state index contributed by atoms with van der Waals surface area (Å²) in [6, 6.07) is 4.13. The second-order valence-corrected chi connectivity index (χ2v) is 5.27. The molecule has 2 heterocycles. The largest absolute Gasteiger partial charge is 0.306 e. The predicted molar refractivity (Wildman–Crippen MR) is 72.0 cm³/mol. The van der Waals surface area contributed by atoms with Crippen molar-refractivity contribution in [2.45, 2.75) is 31.8 Å². The van der Waals surface area contributed by atoms with E-state index in [-0.39, 0.29) is 5.91 Å². The summed E-state index contributed by atoms with van der Waals surface area (Å²) < 4.78 is 3.39. The van der Waals surface area contributed by atoms with E-state index in [9.17, 15) is 4.79 Å². The highest BCUT2D eigenvalue weighted by atomic mass is 16.2. The number of carbonyl (C=O) groups is 1. The zero-order valence-corrected chi connectivity index (χ0v) is 11.2. The van der Waals surface area contributed by atoms with E-state index in [0.29, 0.717) is 18.5 Å². The smallest absolute Gasteiger partial charge is 0.244 e. The van der Waals surface area contributed by atoms with Gasteiger partial charge in [0.2, 0.25) is 5.91 Å². The summed E-state index contributed by atoms with van der Waals surface area (Å²) in [5.41, 5.74) is 0. The maximum Gasteiger partial charge on any atom is 0.244 e. The molecule has 2 atom stereocenters. The average molecular weight is 274 g/mol. The minimum Gasteiger partial charge on any atom is -0.306 e. The van der Waals surface area contributed by atoms with Gasteiger partial charge in [0.05, 0.1) is 6.54 Å². The molecule has 20 heavy (non-hydrogen) atoms. The van der Waals surface area contributed by atoms with Crippen LogP contribution in [0.25, 0.3) is 0 Å². The quantitative estimate of drug-likeness (QED) is 0.862. The molecule has 0 amide bonds. The van der Waals surface area contributed by atoms with Crippen LogP contribution in [0.1, 0.15) is 24.1 Å². The zero-order chi connectivity index (χ0) is 13.8. The van der Waals surface area contributed by atoms with E-state index in [2.05, 4.69) is 20.8 Å². The van der Waals surface area contributed by atoms with Crippen LogP contribution in [0.4, 0.5) is 0 Å². The molecule has 1 saturated carbocycles. The molecule has 2 aromatic heterocycles. The number of hydrogen-bond acceptors (Lipinski definition) is 5. The fourth-order valence-electron chi connectivity index (χ4n) is 2.78. The van der Waals surface area contributed by atoms with Crippen molar-refractivity contribution in [2.24, 2.45) is 5.92 Å². The van der Waals surface area contributed by atoms with Crippen LogP contribution >= 0.6 is 0 Å². The number of nitrogens with one attached hydrogen (secondary N) is 1. The Labute approximate surface area is 117 Å². The molecule has 106 valence electrons. The number of tetrazole rings is 1. The van der Waals surface area contributed by atoms with Gasteiger partial charge in [0, 0.05) is 25.0 Å². The summed E-state index contributed by atoms with van der Waals surface area (Å²) in [7, 11) is 0. The highest BCUT2D eigenvalue weighted by Crippen LogP contribution is 2.26. The minimum absolute atomic E-state index is 0.0823. The van der Waals surface area contributed by atoms with Gasteiger partial charge in [0.15, 0.2) is 0 Å². The van der Waals surface area contributed by atoms with E-state index in [0.717, 1.165) is 25.8 Å². The van der Waals surface area contributed by atoms with Gasteiger partial charge in [-0.3, -0.25) is 9.36 Å². The lowest BCUT2D eigenvalue weighted by Crippen LogP contribution is -2.34. The topological polar surface area (TPSA) is 77.6 Å². The van der Waals surface area contributed by atoms with E-state index < -0.39 is 0 Å². The molecule has 1 N–H and O–H groups in total. The van der Waals surface area contributed by atoms with Crippen LogP contribution in [0.3, 0.4) is 0 Å². The first-order valence-corrected chi connectivity index (χ1v) is 6.91. The minimum atomic E-state index is 0.0823. The Balaban J connectivity index is 1.43. The van der Waals surface area contributed by atoms with Crippen LogP contribution in [0.15, 0.2) is 30.9 Å². The summed E-state index contributed by atoms with van der Waals surface area (Å²) in [6.45, 7) is 1.24. The Morgan fingerprint density at radius 1 is 1.30 bits per heavy atom. The van der Waals surface area contributed by atoms with Gasteiger partial charge in [-0.05, 0) is 47.7 Å². The Hall–Kier alpha value is -2.02. The Morgan fingerprint density at radius 3 is 2.90 bits per heavy atom. The van der Waals surface area contributed by atoms with Crippen molar-refractivity contribution < 1.29 is 4.79 Å². The molecule has 0 bridgehead atoms. The molecule has 1 fully saturated rings.